The van der Waals surface area contributed by atoms with Gasteiger partial charge in [0, 0.05) is 39.7 Å². The van der Waals surface area contributed by atoms with Gasteiger partial charge in [-0.1, -0.05) is 11.6 Å². The Morgan fingerprint density at radius 2 is 1.87 bits per heavy atom. The number of benzene rings is 3. The van der Waals surface area contributed by atoms with Crippen molar-refractivity contribution < 1.29 is 34.1 Å². The van der Waals surface area contributed by atoms with Crippen molar-refractivity contribution in [1.29, 1.82) is 0 Å². The molecule has 1 aliphatic heterocycles. The molecule has 0 saturated heterocycles. The number of aromatic nitrogens is 1. The molecule has 0 saturated carbocycles. The SMILES string of the molecule is COc1ccc2nc3cc(Cl)ccc3c(NCCN=C(C)C3C(=O)C=C4Oc5c(C(C)=O)c(O)c(C)c(O)c5[C@@]4(C)C3=O)c2c1. The predicted molar refractivity (Wildman–Crippen MR) is 171 cm³/mol. The normalized spacial score (nSPS) is 19.3. The quantitative estimate of drug-likeness (QED) is 0.0755. The van der Waals surface area contributed by atoms with Gasteiger partial charge in [0.15, 0.2) is 17.3 Å². The van der Waals surface area contributed by atoms with E-state index in [4.69, 9.17) is 26.1 Å². The maximum Gasteiger partial charge on any atom is 0.175 e. The van der Waals surface area contributed by atoms with E-state index in [0.29, 0.717) is 23.0 Å². The van der Waals surface area contributed by atoms with Crippen LogP contribution in [0.4, 0.5) is 5.69 Å². The molecule has 3 N–H and O–H groups in total. The second kappa shape index (κ2) is 10.9. The lowest BCUT2D eigenvalue weighted by Crippen LogP contribution is -2.47. The van der Waals surface area contributed by atoms with Crippen LogP contribution in [0.1, 0.15) is 42.3 Å². The molecule has 2 atom stereocenters. The lowest BCUT2D eigenvalue weighted by atomic mass is 9.67. The number of phenols is 2. The number of rotatable bonds is 7. The average Bonchev–Trinajstić information content (AvgIpc) is 3.29. The number of hydrogen-bond acceptors (Lipinski definition) is 10. The minimum Gasteiger partial charge on any atom is -0.507 e. The van der Waals surface area contributed by atoms with Crippen LogP contribution in [-0.2, 0) is 15.0 Å². The highest BCUT2D eigenvalue weighted by atomic mass is 35.5. The summed E-state index contributed by atoms with van der Waals surface area (Å²) in [5, 5.41) is 27.3. The first-order chi connectivity index (χ1) is 21.4. The monoisotopic (exact) mass is 627 g/mol. The molecular weight excluding hydrogens is 598 g/mol. The Labute approximate surface area is 263 Å². The molecule has 3 aromatic carbocycles. The number of carbonyl (C=O) groups excluding carboxylic acids is 3. The minimum atomic E-state index is -1.56. The van der Waals surface area contributed by atoms with Gasteiger partial charge in [-0.05, 0) is 64.1 Å². The third kappa shape index (κ3) is 4.59. The van der Waals surface area contributed by atoms with Crippen molar-refractivity contribution >= 4 is 62.2 Å². The zero-order chi connectivity index (χ0) is 32.4. The summed E-state index contributed by atoms with van der Waals surface area (Å²) in [6.07, 6.45) is 1.22. The van der Waals surface area contributed by atoms with Crippen molar-refractivity contribution in [2.45, 2.75) is 33.1 Å². The Hall–Kier alpha value is -4.96. The lowest BCUT2D eigenvalue weighted by molar-refractivity contribution is -0.131. The Balaban J connectivity index is 1.30. The summed E-state index contributed by atoms with van der Waals surface area (Å²) in [6.45, 7) is 6.45. The molecule has 11 heteroatoms. The van der Waals surface area contributed by atoms with Crippen LogP contribution in [0.15, 0.2) is 53.2 Å². The van der Waals surface area contributed by atoms with Gasteiger partial charge in [-0.2, -0.15) is 0 Å². The van der Waals surface area contributed by atoms with E-state index >= 15 is 0 Å². The van der Waals surface area contributed by atoms with Crippen LogP contribution in [0.2, 0.25) is 5.02 Å². The molecule has 0 spiro atoms. The zero-order valence-corrected chi connectivity index (χ0v) is 26.0. The highest BCUT2D eigenvalue weighted by Crippen LogP contribution is 2.57. The number of ether oxygens (including phenoxy) is 2. The van der Waals surface area contributed by atoms with Gasteiger partial charge in [0.25, 0.3) is 0 Å². The average molecular weight is 628 g/mol. The number of ketones is 3. The molecule has 1 aliphatic carbocycles. The lowest BCUT2D eigenvalue weighted by Gasteiger charge is -2.31. The van der Waals surface area contributed by atoms with Crippen molar-refractivity contribution in [3.8, 4) is 23.0 Å². The van der Waals surface area contributed by atoms with Gasteiger partial charge in [0.05, 0.1) is 35.9 Å². The molecular formula is C34H30ClN3O7. The van der Waals surface area contributed by atoms with E-state index in [1.165, 1.54) is 19.9 Å². The number of nitrogens with zero attached hydrogens (tertiary/aromatic N) is 2. The van der Waals surface area contributed by atoms with Crippen LogP contribution in [-0.4, -0.2) is 58.5 Å². The first-order valence-corrected chi connectivity index (χ1v) is 14.7. The summed E-state index contributed by atoms with van der Waals surface area (Å²) < 4.78 is 11.3. The van der Waals surface area contributed by atoms with Gasteiger partial charge in [-0.3, -0.25) is 19.4 Å². The maximum absolute atomic E-state index is 14.1. The minimum absolute atomic E-state index is 0.00649. The molecule has 0 radical (unpaired) electrons. The summed E-state index contributed by atoms with van der Waals surface area (Å²) >= 11 is 6.24. The van der Waals surface area contributed by atoms with Crippen molar-refractivity contribution in [1.82, 2.24) is 4.98 Å². The molecule has 4 aromatic rings. The Morgan fingerprint density at radius 1 is 1.11 bits per heavy atom. The molecule has 1 aromatic heterocycles. The standard InChI is InChI=1S/C34H30ClN3O7/c1-15-30(41)27(17(3)39)32-28(31(15)42)34(4)25(45-32)14-24(40)26(33(34)43)16(2)36-10-11-37-29-20-8-6-18(35)12-23(20)38-22-9-7-19(44-5)13-21(22)29/h6-9,12-14,26,41-42H,10-11H2,1-5H3,(H,37,38)/t26?,34-/m0/s1. The zero-order valence-electron chi connectivity index (χ0n) is 25.2. The van der Waals surface area contributed by atoms with Gasteiger partial charge in [-0.25, -0.2) is 4.98 Å². The largest absolute Gasteiger partial charge is 0.507 e. The summed E-state index contributed by atoms with van der Waals surface area (Å²) in [7, 11) is 1.59. The van der Waals surface area contributed by atoms with Crippen molar-refractivity contribution in [2.75, 3.05) is 25.5 Å². The second-order valence-electron chi connectivity index (χ2n) is 11.4. The van der Waals surface area contributed by atoms with Gasteiger partial charge in [-0.15, -0.1) is 0 Å². The number of halogens is 1. The second-order valence-corrected chi connectivity index (χ2v) is 11.8. The first kappa shape index (κ1) is 30.1. The van der Waals surface area contributed by atoms with Gasteiger partial charge >= 0.3 is 0 Å². The number of anilines is 1. The summed E-state index contributed by atoms with van der Waals surface area (Å²) in [5.41, 5.74) is 0.967. The van der Waals surface area contributed by atoms with Crippen LogP contribution in [0.5, 0.6) is 23.0 Å². The smallest absolute Gasteiger partial charge is 0.175 e. The Bertz CT molecular complexity index is 2050. The number of fused-ring (bicyclic) bond motifs is 5. The molecule has 1 unspecified atom stereocenters. The topological polar surface area (TPSA) is 147 Å². The molecule has 6 rings (SSSR count). The Kier molecular flexibility index (Phi) is 7.28. The van der Waals surface area contributed by atoms with Gasteiger partial charge in [0.2, 0.25) is 0 Å². The first-order valence-electron chi connectivity index (χ1n) is 14.3. The fraction of sp³-hybridized carbons (Fsp3) is 0.265. The molecule has 0 fully saturated rings. The van der Waals surface area contributed by atoms with Crippen LogP contribution in [0.3, 0.4) is 0 Å². The predicted octanol–water partition coefficient (Wildman–Crippen LogP) is 5.85. The van der Waals surface area contributed by atoms with E-state index in [0.717, 1.165) is 27.5 Å². The van der Waals surface area contributed by atoms with E-state index < -0.39 is 34.4 Å². The molecule has 45 heavy (non-hydrogen) atoms. The summed E-state index contributed by atoms with van der Waals surface area (Å²) in [6, 6.07) is 11.1. The number of nitrogens with one attached hydrogen (secondary N) is 1. The maximum atomic E-state index is 14.1. The number of allylic oxidation sites excluding steroid dienone is 2. The summed E-state index contributed by atoms with van der Waals surface area (Å²) in [4.78, 5) is 49.1. The van der Waals surface area contributed by atoms with Gasteiger partial charge in [0.1, 0.15) is 45.7 Å². The van der Waals surface area contributed by atoms with Crippen LogP contribution in [0, 0.1) is 12.8 Å². The molecule has 230 valence electrons. The Morgan fingerprint density at radius 3 is 2.58 bits per heavy atom. The molecule has 2 aliphatic rings. The number of methoxy groups -OCH3 is 1. The van der Waals surface area contributed by atoms with E-state index in [1.807, 2.05) is 24.3 Å². The number of pyridine rings is 1. The van der Waals surface area contributed by atoms with Crippen molar-refractivity contribution in [2.24, 2.45) is 10.9 Å². The highest BCUT2D eigenvalue weighted by Gasteiger charge is 2.57. The number of phenolic OH excluding ortho intramolecular Hbond substituents is 2. The molecule has 10 nitrogen and oxygen atoms in total. The van der Waals surface area contributed by atoms with E-state index in [2.05, 4.69) is 10.3 Å². The fourth-order valence-corrected chi connectivity index (χ4v) is 6.38. The fourth-order valence-electron chi connectivity index (χ4n) is 6.22. The van der Waals surface area contributed by atoms with Crippen LogP contribution < -0.4 is 14.8 Å². The third-order valence-corrected chi connectivity index (χ3v) is 8.88. The van der Waals surface area contributed by atoms with E-state index in [9.17, 15) is 24.6 Å². The van der Waals surface area contributed by atoms with Crippen molar-refractivity contribution in [3.63, 3.8) is 0 Å². The number of Topliss-reactive ketones (excluding diaryl/α,β-unsaturated/α-hetero) is 2. The van der Waals surface area contributed by atoms with E-state index in [-0.39, 0.29) is 40.5 Å². The third-order valence-electron chi connectivity index (χ3n) is 8.64. The van der Waals surface area contributed by atoms with Crippen LogP contribution >= 0.6 is 11.6 Å². The number of hydrogen-bond donors (Lipinski definition) is 3. The van der Waals surface area contributed by atoms with Crippen LogP contribution in [0.25, 0.3) is 21.8 Å². The number of carbonyl (C=O) groups is 3. The summed E-state index contributed by atoms with van der Waals surface area (Å²) in [5.74, 6) is -3.04. The van der Waals surface area contributed by atoms with E-state index in [1.54, 1.807) is 33.1 Å². The number of aromatic hydroxyl groups is 2. The van der Waals surface area contributed by atoms with Gasteiger partial charge < -0.3 is 25.0 Å². The highest BCUT2D eigenvalue weighted by molar-refractivity contribution is 6.31. The molecule has 0 amide bonds. The van der Waals surface area contributed by atoms with Crippen molar-refractivity contribution in [3.05, 3.63) is 69.9 Å². The molecule has 2 heterocycles. The molecule has 0 bridgehead atoms. The number of aliphatic imine (C=N–C) groups is 1.